The Morgan fingerprint density at radius 1 is 1.24 bits per heavy atom. The first kappa shape index (κ1) is 13.9. The number of carbonyl (C=O) groups excluding carboxylic acids is 1. The number of benzene rings is 1. The lowest BCUT2D eigenvalue weighted by atomic mass is 10.1. The van der Waals surface area contributed by atoms with Crippen molar-refractivity contribution in [3.63, 3.8) is 0 Å². The van der Waals surface area contributed by atoms with E-state index in [-0.39, 0.29) is 12.1 Å². The summed E-state index contributed by atoms with van der Waals surface area (Å²) in [6, 6.07) is 7.01. The van der Waals surface area contributed by atoms with Crippen molar-refractivity contribution < 1.29 is 18.6 Å². The Balaban J connectivity index is 2.84. The molecule has 1 aromatic carbocycles. The molecular weight excluding hydrogens is 239 g/mol. The summed E-state index contributed by atoms with van der Waals surface area (Å²) < 4.78 is 21.5. The average Bonchev–Trinajstić information content (AvgIpc) is 2.30. The highest BCUT2D eigenvalue weighted by Gasteiger charge is 2.13. The Kier molecular flexibility index (Phi) is 5.95. The van der Waals surface area contributed by atoms with E-state index < -0.39 is 8.03 Å². The summed E-state index contributed by atoms with van der Waals surface area (Å²) in [6.07, 6.45) is 0.271. The van der Waals surface area contributed by atoms with Gasteiger partial charge in [-0.25, -0.2) is 4.79 Å². The SMILES string of the molecule is CCOC(=O)c1ccccc1C[PH](=O)OCC. The van der Waals surface area contributed by atoms with Gasteiger partial charge in [0.15, 0.2) is 8.03 Å². The molecule has 0 amide bonds. The molecule has 0 radical (unpaired) electrons. The van der Waals surface area contributed by atoms with Gasteiger partial charge in [-0.2, -0.15) is 0 Å². The fourth-order valence-electron chi connectivity index (χ4n) is 1.45. The monoisotopic (exact) mass is 256 g/mol. The highest BCUT2D eigenvalue weighted by Crippen LogP contribution is 2.29. The van der Waals surface area contributed by atoms with Gasteiger partial charge in [0.2, 0.25) is 0 Å². The van der Waals surface area contributed by atoms with Crippen molar-refractivity contribution >= 4 is 14.0 Å². The van der Waals surface area contributed by atoms with Gasteiger partial charge in [-0.05, 0) is 25.5 Å². The van der Waals surface area contributed by atoms with Crippen LogP contribution in [0.25, 0.3) is 0 Å². The van der Waals surface area contributed by atoms with Gasteiger partial charge in [0.05, 0.1) is 18.8 Å². The third-order valence-corrected chi connectivity index (χ3v) is 3.43. The van der Waals surface area contributed by atoms with E-state index in [1.165, 1.54) is 0 Å². The lowest BCUT2D eigenvalue weighted by molar-refractivity contribution is 0.0525. The second-order valence-corrected chi connectivity index (χ2v) is 4.75. The Bertz CT molecular complexity index is 403. The minimum absolute atomic E-state index is 0.271. The molecule has 17 heavy (non-hydrogen) atoms. The predicted octanol–water partition coefficient (Wildman–Crippen LogP) is 2.87. The van der Waals surface area contributed by atoms with Crippen LogP contribution in [-0.4, -0.2) is 19.2 Å². The van der Waals surface area contributed by atoms with Gasteiger partial charge in [-0.1, -0.05) is 18.2 Å². The fraction of sp³-hybridized carbons (Fsp3) is 0.417. The Labute approximate surface area is 102 Å². The molecule has 1 atom stereocenters. The summed E-state index contributed by atoms with van der Waals surface area (Å²) in [5, 5.41) is 0. The van der Waals surface area contributed by atoms with E-state index in [0.29, 0.717) is 24.3 Å². The topological polar surface area (TPSA) is 52.6 Å². The van der Waals surface area contributed by atoms with Crippen LogP contribution >= 0.6 is 8.03 Å². The molecule has 1 aromatic rings. The van der Waals surface area contributed by atoms with E-state index in [0.717, 1.165) is 0 Å². The second-order valence-electron chi connectivity index (χ2n) is 3.36. The standard InChI is InChI=1S/C12H17O4P/c1-3-15-12(13)11-8-6-5-7-10(11)9-17(14)16-4-2/h5-8,17H,3-4,9H2,1-2H3. The highest BCUT2D eigenvalue weighted by molar-refractivity contribution is 7.38. The van der Waals surface area contributed by atoms with Crippen molar-refractivity contribution in [2.75, 3.05) is 13.2 Å². The maximum atomic E-state index is 11.7. The molecule has 94 valence electrons. The van der Waals surface area contributed by atoms with Crippen LogP contribution in [0.4, 0.5) is 0 Å². The van der Waals surface area contributed by atoms with E-state index in [1.54, 1.807) is 38.1 Å². The molecule has 5 heteroatoms. The summed E-state index contributed by atoms with van der Waals surface area (Å²) in [5.74, 6) is -0.380. The molecule has 0 aliphatic rings. The maximum absolute atomic E-state index is 11.7. The van der Waals surface area contributed by atoms with Crippen molar-refractivity contribution in [2.45, 2.75) is 20.0 Å². The molecule has 0 heterocycles. The zero-order chi connectivity index (χ0) is 12.7. The molecule has 0 aromatic heterocycles. The first-order valence-corrected chi connectivity index (χ1v) is 7.12. The number of hydrogen-bond donors (Lipinski definition) is 0. The van der Waals surface area contributed by atoms with Gasteiger partial charge in [0, 0.05) is 6.16 Å². The quantitative estimate of drug-likeness (QED) is 0.580. The van der Waals surface area contributed by atoms with Crippen molar-refractivity contribution in [3.8, 4) is 0 Å². The minimum atomic E-state index is -2.12. The molecule has 1 rings (SSSR count). The summed E-state index contributed by atoms with van der Waals surface area (Å²) in [7, 11) is -2.12. The number of carbonyl (C=O) groups is 1. The third-order valence-electron chi connectivity index (χ3n) is 2.15. The number of ether oxygens (including phenoxy) is 1. The van der Waals surface area contributed by atoms with E-state index in [1.807, 2.05) is 0 Å². The van der Waals surface area contributed by atoms with Gasteiger partial charge in [0.25, 0.3) is 0 Å². The van der Waals surface area contributed by atoms with Gasteiger partial charge in [-0.15, -0.1) is 0 Å². The lowest BCUT2D eigenvalue weighted by Crippen LogP contribution is -2.07. The van der Waals surface area contributed by atoms with Crippen LogP contribution in [0.1, 0.15) is 29.8 Å². The van der Waals surface area contributed by atoms with Crippen molar-refractivity contribution in [2.24, 2.45) is 0 Å². The Hall–Kier alpha value is -1.12. The first-order valence-electron chi connectivity index (χ1n) is 5.59. The average molecular weight is 256 g/mol. The lowest BCUT2D eigenvalue weighted by Gasteiger charge is -2.08. The summed E-state index contributed by atoms with van der Waals surface area (Å²) >= 11 is 0. The molecule has 0 N–H and O–H groups in total. The number of esters is 1. The van der Waals surface area contributed by atoms with Crippen LogP contribution in [0, 0.1) is 0 Å². The smallest absolute Gasteiger partial charge is 0.338 e. The van der Waals surface area contributed by atoms with Crippen LogP contribution in [-0.2, 0) is 20.0 Å². The van der Waals surface area contributed by atoms with Crippen LogP contribution < -0.4 is 0 Å². The van der Waals surface area contributed by atoms with Crippen molar-refractivity contribution in [3.05, 3.63) is 35.4 Å². The predicted molar refractivity (Wildman–Crippen MR) is 66.7 cm³/mol. The van der Waals surface area contributed by atoms with E-state index in [4.69, 9.17) is 9.26 Å². The van der Waals surface area contributed by atoms with Gasteiger partial charge < -0.3 is 9.26 Å². The molecule has 0 saturated heterocycles. The first-order chi connectivity index (χ1) is 8.19. The van der Waals surface area contributed by atoms with Crippen LogP contribution in [0.2, 0.25) is 0 Å². The number of hydrogen-bond acceptors (Lipinski definition) is 4. The molecule has 0 aliphatic carbocycles. The Morgan fingerprint density at radius 2 is 1.94 bits per heavy atom. The zero-order valence-corrected chi connectivity index (χ0v) is 11.1. The molecular formula is C12H17O4P. The number of rotatable bonds is 6. The molecule has 1 unspecified atom stereocenters. The summed E-state index contributed by atoms with van der Waals surface area (Å²) in [4.78, 5) is 11.7. The Morgan fingerprint density at radius 3 is 2.59 bits per heavy atom. The van der Waals surface area contributed by atoms with Crippen LogP contribution in [0.3, 0.4) is 0 Å². The van der Waals surface area contributed by atoms with Crippen LogP contribution in [0.5, 0.6) is 0 Å². The molecule has 0 aliphatic heterocycles. The zero-order valence-electron chi connectivity index (χ0n) is 10.1. The summed E-state index contributed by atoms with van der Waals surface area (Å²) in [5.41, 5.74) is 1.18. The van der Waals surface area contributed by atoms with Crippen molar-refractivity contribution in [1.82, 2.24) is 0 Å². The maximum Gasteiger partial charge on any atom is 0.338 e. The normalized spacial score (nSPS) is 12.1. The van der Waals surface area contributed by atoms with Crippen LogP contribution in [0.15, 0.2) is 24.3 Å². The van der Waals surface area contributed by atoms with E-state index >= 15 is 0 Å². The third kappa shape index (κ3) is 4.33. The molecule has 0 bridgehead atoms. The van der Waals surface area contributed by atoms with E-state index in [9.17, 15) is 9.36 Å². The largest absolute Gasteiger partial charge is 0.462 e. The highest BCUT2D eigenvalue weighted by atomic mass is 31.1. The second kappa shape index (κ2) is 7.25. The van der Waals surface area contributed by atoms with Gasteiger partial charge >= 0.3 is 5.97 Å². The van der Waals surface area contributed by atoms with Crippen molar-refractivity contribution in [1.29, 1.82) is 0 Å². The van der Waals surface area contributed by atoms with Gasteiger partial charge in [0.1, 0.15) is 0 Å². The summed E-state index contributed by atoms with van der Waals surface area (Å²) in [6.45, 7) is 4.29. The minimum Gasteiger partial charge on any atom is -0.462 e. The molecule has 0 fully saturated rings. The van der Waals surface area contributed by atoms with E-state index in [2.05, 4.69) is 0 Å². The van der Waals surface area contributed by atoms with Gasteiger partial charge in [-0.3, -0.25) is 4.57 Å². The molecule has 4 nitrogen and oxygen atoms in total. The fourth-order valence-corrected chi connectivity index (χ4v) is 2.49. The molecule has 0 spiro atoms. The molecule has 0 saturated carbocycles.